The Morgan fingerprint density at radius 1 is 1.07 bits per heavy atom. The number of nitrogens with zero attached hydrogens (tertiary/aromatic N) is 2. The number of halogens is 1. The van der Waals surface area contributed by atoms with Gasteiger partial charge in [-0.25, -0.2) is 4.39 Å². The Labute approximate surface area is 167 Å². The molecule has 3 aromatic rings. The molecule has 1 aromatic heterocycles. The number of ether oxygens (including phenoxy) is 1. The maximum atomic E-state index is 13.5. The molecule has 0 spiro atoms. The molecule has 0 saturated carbocycles. The van der Waals surface area contributed by atoms with Crippen LogP contribution in [-0.4, -0.2) is 49.1 Å². The summed E-state index contributed by atoms with van der Waals surface area (Å²) >= 11 is 0. The van der Waals surface area contributed by atoms with Crippen LogP contribution in [0.25, 0.3) is 10.8 Å². The SMILES string of the molecule is COc1cc(F)ccc1N1CCN(C(=O)c2[nH]c(=O)c3ccccc3c2C)CC1. The standard InChI is InChI=1S/C22H22FN3O3/c1-14-16-5-3-4-6-17(16)21(27)24-20(14)22(28)26-11-9-25(10-12-26)18-8-7-15(23)13-19(18)29-2/h3-8,13H,9-12H2,1-2H3,(H,24,27). The fourth-order valence-electron chi connectivity index (χ4n) is 3.85. The van der Waals surface area contributed by atoms with E-state index in [4.69, 9.17) is 4.74 Å². The van der Waals surface area contributed by atoms with Crippen molar-refractivity contribution in [1.82, 2.24) is 9.88 Å². The molecule has 150 valence electrons. The number of methoxy groups -OCH3 is 1. The molecule has 29 heavy (non-hydrogen) atoms. The van der Waals surface area contributed by atoms with Crippen LogP contribution >= 0.6 is 0 Å². The van der Waals surface area contributed by atoms with Crippen LogP contribution in [0.3, 0.4) is 0 Å². The lowest BCUT2D eigenvalue weighted by atomic mass is 10.0. The number of piperazine rings is 1. The van der Waals surface area contributed by atoms with Gasteiger partial charge in [-0.05, 0) is 36.1 Å². The second kappa shape index (κ2) is 7.58. The largest absolute Gasteiger partial charge is 0.494 e. The summed E-state index contributed by atoms with van der Waals surface area (Å²) in [5.74, 6) is -0.0642. The second-order valence-electron chi connectivity index (χ2n) is 7.10. The van der Waals surface area contributed by atoms with E-state index in [9.17, 15) is 14.0 Å². The predicted octanol–water partition coefficient (Wildman–Crippen LogP) is 2.95. The first-order valence-corrected chi connectivity index (χ1v) is 9.49. The Balaban J connectivity index is 1.55. The van der Waals surface area contributed by atoms with Gasteiger partial charge in [-0.1, -0.05) is 18.2 Å². The first-order chi connectivity index (χ1) is 14.0. The van der Waals surface area contributed by atoms with Crippen LogP contribution in [0.15, 0.2) is 47.3 Å². The molecule has 0 bridgehead atoms. The van der Waals surface area contributed by atoms with Crippen molar-refractivity contribution in [1.29, 1.82) is 0 Å². The van der Waals surface area contributed by atoms with Crippen molar-refractivity contribution in [3.8, 4) is 5.75 Å². The van der Waals surface area contributed by atoms with Gasteiger partial charge >= 0.3 is 0 Å². The zero-order valence-electron chi connectivity index (χ0n) is 16.4. The number of aromatic nitrogens is 1. The van der Waals surface area contributed by atoms with Crippen molar-refractivity contribution in [2.45, 2.75) is 6.92 Å². The molecule has 1 aliphatic rings. The van der Waals surface area contributed by atoms with Gasteiger partial charge in [-0.2, -0.15) is 0 Å². The summed E-state index contributed by atoms with van der Waals surface area (Å²) in [5, 5.41) is 1.36. The van der Waals surface area contributed by atoms with Crippen molar-refractivity contribution >= 4 is 22.4 Å². The second-order valence-corrected chi connectivity index (χ2v) is 7.10. The number of nitrogens with one attached hydrogen (secondary N) is 1. The number of carbonyl (C=O) groups is 1. The molecular formula is C22H22FN3O3. The van der Waals surface area contributed by atoms with Crippen LogP contribution in [0.2, 0.25) is 0 Å². The summed E-state index contributed by atoms with van der Waals surface area (Å²) < 4.78 is 18.7. The minimum Gasteiger partial charge on any atom is -0.494 e. The molecule has 7 heteroatoms. The first kappa shape index (κ1) is 19.0. The van der Waals surface area contributed by atoms with E-state index in [0.29, 0.717) is 43.0 Å². The lowest BCUT2D eigenvalue weighted by Crippen LogP contribution is -2.49. The van der Waals surface area contributed by atoms with Gasteiger partial charge in [0.15, 0.2) is 0 Å². The minimum absolute atomic E-state index is 0.184. The van der Waals surface area contributed by atoms with Crippen molar-refractivity contribution < 1.29 is 13.9 Å². The number of hydrogen-bond donors (Lipinski definition) is 1. The van der Waals surface area contributed by atoms with E-state index in [1.54, 1.807) is 23.1 Å². The number of benzene rings is 2. The highest BCUT2D eigenvalue weighted by atomic mass is 19.1. The number of aryl methyl sites for hydroxylation is 1. The van der Waals surface area contributed by atoms with Gasteiger partial charge in [0.05, 0.1) is 12.8 Å². The number of hydrogen-bond acceptors (Lipinski definition) is 4. The number of carbonyl (C=O) groups excluding carboxylic acids is 1. The first-order valence-electron chi connectivity index (χ1n) is 9.49. The minimum atomic E-state index is -0.352. The third-order valence-electron chi connectivity index (χ3n) is 5.45. The molecule has 6 nitrogen and oxygen atoms in total. The van der Waals surface area contributed by atoms with E-state index >= 15 is 0 Å². The fraction of sp³-hybridized carbons (Fsp3) is 0.273. The average Bonchev–Trinajstić information content (AvgIpc) is 2.76. The summed E-state index contributed by atoms with van der Waals surface area (Å²) in [7, 11) is 1.51. The maximum Gasteiger partial charge on any atom is 0.270 e. The average molecular weight is 395 g/mol. The van der Waals surface area contributed by atoms with E-state index < -0.39 is 0 Å². The van der Waals surface area contributed by atoms with Crippen LogP contribution in [0.1, 0.15) is 16.1 Å². The summed E-state index contributed by atoms with van der Waals surface area (Å²) in [4.78, 5) is 32.0. The van der Waals surface area contributed by atoms with Gasteiger partial charge in [0.25, 0.3) is 11.5 Å². The number of H-pyrrole nitrogens is 1. The molecular weight excluding hydrogens is 373 g/mol. The summed E-state index contributed by atoms with van der Waals surface area (Å²) in [6.45, 7) is 4.02. The summed E-state index contributed by atoms with van der Waals surface area (Å²) in [6, 6.07) is 11.7. The molecule has 0 atom stereocenters. The third-order valence-corrected chi connectivity index (χ3v) is 5.45. The Morgan fingerprint density at radius 2 is 1.76 bits per heavy atom. The highest BCUT2D eigenvalue weighted by molar-refractivity contribution is 5.99. The highest BCUT2D eigenvalue weighted by Crippen LogP contribution is 2.30. The van der Waals surface area contributed by atoms with Gasteiger partial charge in [0, 0.05) is 37.6 Å². The van der Waals surface area contributed by atoms with Crippen LogP contribution in [0, 0.1) is 12.7 Å². The molecule has 0 aliphatic carbocycles. The smallest absolute Gasteiger partial charge is 0.270 e. The molecule has 4 rings (SSSR count). The Hall–Kier alpha value is -3.35. The van der Waals surface area contributed by atoms with E-state index in [0.717, 1.165) is 16.6 Å². The van der Waals surface area contributed by atoms with Gasteiger partial charge in [-0.3, -0.25) is 9.59 Å². The number of aromatic amines is 1. The zero-order valence-corrected chi connectivity index (χ0v) is 16.4. The van der Waals surface area contributed by atoms with E-state index in [-0.39, 0.29) is 17.3 Å². The van der Waals surface area contributed by atoms with Gasteiger partial charge in [-0.15, -0.1) is 0 Å². The summed E-state index contributed by atoms with van der Waals surface area (Å²) in [5.41, 5.74) is 1.65. The zero-order chi connectivity index (χ0) is 20.5. The van der Waals surface area contributed by atoms with Crippen LogP contribution in [-0.2, 0) is 0 Å². The Morgan fingerprint density at radius 3 is 2.45 bits per heavy atom. The molecule has 1 fully saturated rings. The molecule has 0 radical (unpaired) electrons. The fourth-order valence-corrected chi connectivity index (χ4v) is 3.85. The molecule has 1 saturated heterocycles. The molecule has 2 heterocycles. The van der Waals surface area contributed by atoms with Crippen molar-refractivity contribution in [2.75, 3.05) is 38.2 Å². The van der Waals surface area contributed by atoms with Crippen molar-refractivity contribution in [3.63, 3.8) is 0 Å². The predicted molar refractivity (Wildman–Crippen MR) is 110 cm³/mol. The number of amides is 1. The van der Waals surface area contributed by atoms with Crippen molar-refractivity contribution in [2.24, 2.45) is 0 Å². The Bertz CT molecular complexity index is 1130. The van der Waals surface area contributed by atoms with E-state index in [1.165, 1.54) is 19.2 Å². The normalized spacial score (nSPS) is 14.3. The van der Waals surface area contributed by atoms with Gasteiger partial charge in [0.2, 0.25) is 0 Å². The Kier molecular flexibility index (Phi) is 4.96. The quantitative estimate of drug-likeness (QED) is 0.741. The molecule has 0 unspecified atom stereocenters. The highest BCUT2D eigenvalue weighted by Gasteiger charge is 2.26. The molecule has 2 aromatic carbocycles. The van der Waals surface area contributed by atoms with Gasteiger partial charge < -0.3 is 19.5 Å². The lowest BCUT2D eigenvalue weighted by Gasteiger charge is -2.36. The van der Waals surface area contributed by atoms with Crippen LogP contribution in [0.5, 0.6) is 5.75 Å². The van der Waals surface area contributed by atoms with Crippen LogP contribution < -0.4 is 15.2 Å². The molecule has 1 aliphatic heterocycles. The maximum absolute atomic E-state index is 13.5. The summed E-state index contributed by atoms with van der Waals surface area (Å²) in [6.07, 6.45) is 0. The van der Waals surface area contributed by atoms with E-state index in [2.05, 4.69) is 9.88 Å². The number of anilines is 1. The van der Waals surface area contributed by atoms with E-state index in [1.807, 2.05) is 19.1 Å². The lowest BCUT2D eigenvalue weighted by molar-refractivity contribution is 0.0740. The van der Waals surface area contributed by atoms with Gasteiger partial charge in [0.1, 0.15) is 17.3 Å². The monoisotopic (exact) mass is 395 g/mol. The molecule has 1 N–H and O–H groups in total. The van der Waals surface area contributed by atoms with Crippen molar-refractivity contribution in [3.05, 3.63) is 69.9 Å². The number of rotatable bonds is 3. The molecule has 1 amide bonds. The third kappa shape index (κ3) is 3.44. The number of fused-ring (bicyclic) bond motifs is 1. The topological polar surface area (TPSA) is 65.6 Å². The number of pyridine rings is 1. The van der Waals surface area contributed by atoms with Crippen LogP contribution in [0.4, 0.5) is 10.1 Å².